The maximum absolute atomic E-state index is 13.1. The molecule has 0 radical (unpaired) electrons. The first kappa shape index (κ1) is 24.9. The first-order valence-electron chi connectivity index (χ1n) is 11.1. The number of hydrogen-bond donors (Lipinski definition) is 2. The lowest BCUT2D eigenvalue weighted by atomic mass is 9.92. The fourth-order valence-corrected chi connectivity index (χ4v) is 4.23. The minimum Gasteiger partial charge on any atom is -0.508 e. The minimum atomic E-state index is -1.20. The quantitative estimate of drug-likeness (QED) is 0.239. The molecule has 0 amide bonds. The third-order valence-electron chi connectivity index (χ3n) is 5.87. The number of carbonyl (C=O) groups is 3. The predicted molar refractivity (Wildman–Crippen MR) is 135 cm³/mol. The van der Waals surface area contributed by atoms with E-state index in [2.05, 4.69) is 4.98 Å². The van der Waals surface area contributed by atoms with Gasteiger partial charge >= 0.3 is 11.9 Å². The second-order valence-electron chi connectivity index (χ2n) is 8.32. The van der Waals surface area contributed by atoms with Crippen LogP contribution >= 0.6 is 11.6 Å². The van der Waals surface area contributed by atoms with Crippen LogP contribution < -0.4 is 0 Å². The van der Waals surface area contributed by atoms with Crippen molar-refractivity contribution in [1.82, 2.24) is 4.98 Å². The summed E-state index contributed by atoms with van der Waals surface area (Å²) in [6.45, 7) is 0. The molecule has 36 heavy (non-hydrogen) atoms. The Morgan fingerprint density at radius 2 is 1.69 bits per heavy atom. The topological polar surface area (TPSA) is 114 Å². The Hall–Kier alpha value is -4.23. The lowest BCUT2D eigenvalue weighted by molar-refractivity contribution is -0.145. The normalized spacial score (nSPS) is 11.7. The summed E-state index contributed by atoms with van der Waals surface area (Å²) in [5.41, 5.74) is 2.54. The Bertz CT molecular complexity index is 1470. The number of phenols is 1. The molecule has 3 aromatic carbocycles. The fraction of sp³-hybridized carbons (Fsp3) is 0.143. The molecule has 0 aliphatic carbocycles. The monoisotopic (exact) mass is 503 g/mol. The van der Waals surface area contributed by atoms with Crippen LogP contribution in [0.1, 0.15) is 32.8 Å². The molecule has 0 aliphatic heterocycles. The van der Waals surface area contributed by atoms with Crippen molar-refractivity contribution >= 4 is 40.2 Å². The molecule has 0 saturated carbocycles. The number of aromatic carboxylic acids is 1. The molecule has 1 aromatic heterocycles. The van der Waals surface area contributed by atoms with Crippen LogP contribution in [0.2, 0.25) is 5.02 Å². The van der Waals surface area contributed by atoms with Gasteiger partial charge in [-0.25, -0.2) is 9.78 Å². The van der Waals surface area contributed by atoms with Gasteiger partial charge in [-0.3, -0.25) is 9.59 Å². The van der Waals surface area contributed by atoms with E-state index in [1.807, 2.05) is 6.07 Å². The highest BCUT2D eigenvalue weighted by molar-refractivity contribution is 6.30. The second kappa shape index (κ2) is 10.6. The van der Waals surface area contributed by atoms with Crippen LogP contribution in [0.15, 0.2) is 72.8 Å². The third-order valence-corrected chi connectivity index (χ3v) is 6.10. The Morgan fingerprint density at radius 1 is 0.972 bits per heavy atom. The highest BCUT2D eigenvalue weighted by Gasteiger charge is 2.26. The van der Waals surface area contributed by atoms with Gasteiger partial charge in [-0.2, -0.15) is 0 Å². The highest BCUT2D eigenvalue weighted by atomic mass is 35.5. The maximum atomic E-state index is 13.1. The maximum Gasteiger partial charge on any atom is 0.336 e. The van der Waals surface area contributed by atoms with E-state index < -0.39 is 23.6 Å². The van der Waals surface area contributed by atoms with Gasteiger partial charge in [0.15, 0.2) is 5.78 Å². The molecule has 4 rings (SSSR count). The Labute approximate surface area is 211 Å². The zero-order valence-corrected chi connectivity index (χ0v) is 20.0. The Morgan fingerprint density at radius 3 is 2.36 bits per heavy atom. The van der Waals surface area contributed by atoms with Crippen molar-refractivity contribution in [1.29, 1.82) is 0 Å². The number of rotatable bonds is 8. The number of aromatic hydroxyl groups is 1. The number of esters is 1. The summed E-state index contributed by atoms with van der Waals surface area (Å²) in [7, 11) is 1.24. The number of ketones is 1. The molecule has 0 bridgehead atoms. The zero-order valence-electron chi connectivity index (χ0n) is 19.3. The van der Waals surface area contributed by atoms with Crippen molar-refractivity contribution < 1.29 is 29.3 Å². The van der Waals surface area contributed by atoms with Crippen LogP contribution in [0.4, 0.5) is 0 Å². The van der Waals surface area contributed by atoms with Crippen LogP contribution in [0.3, 0.4) is 0 Å². The van der Waals surface area contributed by atoms with E-state index >= 15 is 0 Å². The van der Waals surface area contributed by atoms with Crippen LogP contribution in [0, 0.1) is 5.92 Å². The summed E-state index contributed by atoms with van der Waals surface area (Å²) in [5.74, 6) is -2.96. The lowest BCUT2D eigenvalue weighted by Crippen LogP contribution is -2.23. The molecule has 4 aromatic rings. The molecular weight excluding hydrogens is 482 g/mol. The summed E-state index contributed by atoms with van der Waals surface area (Å²) in [6, 6.07) is 19.9. The van der Waals surface area contributed by atoms with E-state index in [1.54, 1.807) is 48.5 Å². The molecule has 1 heterocycles. The number of pyridine rings is 1. The summed E-state index contributed by atoms with van der Waals surface area (Å²) in [4.78, 5) is 42.0. The van der Waals surface area contributed by atoms with Gasteiger partial charge in [0, 0.05) is 16.8 Å². The predicted octanol–water partition coefficient (Wildman–Crippen LogP) is 5.56. The molecule has 0 saturated heterocycles. The number of carboxylic acid groups (broad SMARTS) is 1. The van der Waals surface area contributed by atoms with Crippen LogP contribution in [-0.4, -0.2) is 40.0 Å². The molecule has 182 valence electrons. The molecule has 0 spiro atoms. The van der Waals surface area contributed by atoms with Gasteiger partial charge in [0.1, 0.15) is 11.4 Å². The Balaban J connectivity index is 1.67. The van der Waals surface area contributed by atoms with Crippen molar-refractivity contribution in [2.45, 2.75) is 12.8 Å². The smallest absolute Gasteiger partial charge is 0.336 e. The van der Waals surface area contributed by atoms with Crippen LogP contribution in [0.5, 0.6) is 5.75 Å². The van der Waals surface area contributed by atoms with E-state index in [0.29, 0.717) is 15.9 Å². The number of ether oxygens (including phenoxy) is 1. The number of fused-ring (bicyclic) bond motifs is 1. The summed E-state index contributed by atoms with van der Waals surface area (Å²) in [5, 5.41) is 20.3. The SMILES string of the molecule is COC(=O)[C@@H](CC(=O)c1cc(C(=O)O)c2cc(-c3cccc(Cl)c3)ccc2n1)Cc1ccc(O)cc1. The van der Waals surface area contributed by atoms with E-state index in [1.165, 1.54) is 25.3 Å². The number of halogens is 1. The molecule has 0 fully saturated rings. The van der Waals surface area contributed by atoms with Crippen molar-refractivity contribution in [2.75, 3.05) is 7.11 Å². The molecular formula is C28H22ClNO6. The summed E-state index contributed by atoms with van der Waals surface area (Å²) >= 11 is 6.09. The molecule has 8 heteroatoms. The van der Waals surface area contributed by atoms with E-state index in [9.17, 15) is 24.6 Å². The van der Waals surface area contributed by atoms with Gasteiger partial charge in [-0.15, -0.1) is 0 Å². The number of methoxy groups -OCH3 is 1. The molecule has 0 unspecified atom stereocenters. The van der Waals surface area contributed by atoms with Gasteiger partial charge in [-0.1, -0.05) is 41.9 Å². The number of nitrogens with zero attached hydrogens (tertiary/aromatic N) is 1. The zero-order chi connectivity index (χ0) is 25.8. The molecule has 0 aliphatic rings. The number of carboxylic acids is 1. The first-order chi connectivity index (χ1) is 17.2. The number of phenolic OH excluding ortho intramolecular Hbond substituents is 1. The van der Waals surface area contributed by atoms with Gasteiger partial charge in [0.05, 0.1) is 24.1 Å². The fourth-order valence-electron chi connectivity index (χ4n) is 4.04. The van der Waals surface area contributed by atoms with Gasteiger partial charge in [-0.05, 0) is 65.6 Å². The first-order valence-corrected chi connectivity index (χ1v) is 11.5. The highest BCUT2D eigenvalue weighted by Crippen LogP contribution is 2.29. The third kappa shape index (κ3) is 5.53. The van der Waals surface area contributed by atoms with Crippen molar-refractivity contribution in [3.05, 3.63) is 94.6 Å². The second-order valence-corrected chi connectivity index (χ2v) is 8.76. The number of benzene rings is 3. The van der Waals surface area contributed by atoms with Crippen molar-refractivity contribution in [2.24, 2.45) is 5.92 Å². The molecule has 7 nitrogen and oxygen atoms in total. The van der Waals surface area contributed by atoms with E-state index in [4.69, 9.17) is 16.3 Å². The van der Waals surface area contributed by atoms with Crippen LogP contribution in [0.25, 0.3) is 22.0 Å². The largest absolute Gasteiger partial charge is 0.508 e. The van der Waals surface area contributed by atoms with E-state index in [0.717, 1.165) is 16.7 Å². The average molecular weight is 504 g/mol. The molecule has 2 N–H and O–H groups in total. The number of aromatic nitrogens is 1. The number of carbonyl (C=O) groups excluding carboxylic acids is 2. The van der Waals surface area contributed by atoms with Crippen molar-refractivity contribution in [3.8, 4) is 16.9 Å². The standard InChI is InChI=1S/C28H22ClNO6/c1-36-28(35)19(11-16-5-8-21(31)9-6-16)14-26(32)25-15-23(27(33)34)22-13-18(7-10-24(22)30-25)17-3-2-4-20(29)12-17/h2-10,12-13,15,19,31H,11,14H2,1H3,(H,33,34)/t19-/m1/s1. The van der Waals surface area contributed by atoms with Crippen LogP contribution in [-0.2, 0) is 16.0 Å². The van der Waals surface area contributed by atoms with Gasteiger partial charge in [0.25, 0.3) is 0 Å². The average Bonchev–Trinajstić information content (AvgIpc) is 2.87. The van der Waals surface area contributed by atoms with Gasteiger partial charge in [0.2, 0.25) is 0 Å². The van der Waals surface area contributed by atoms with E-state index in [-0.39, 0.29) is 29.8 Å². The Kier molecular flexibility index (Phi) is 7.31. The lowest BCUT2D eigenvalue weighted by Gasteiger charge is -2.15. The van der Waals surface area contributed by atoms with Crippen molar-refractivity contribution in [3.63, 3.8) is 0 Å². The summed E-state index contributed by atoms with van der Waals surface area (Å²) in [6.07, 6.45) is -0.00717. The summed E-state index contributed by atoms with van der Waals surface area (Å²) < 4.78 is 4.88. The van der Waals surface area contributed by atoms with Gasteiger partial charge < -0.3 is 14.9 Å². The number of hydrogen-bond acceptors (Lipinski definition) is 6. The molecule has 1 atom stereocenters. The number of Topliss-reactive ketones (excluding diaryl/α,β-unsaturated/α-hetero) is 1. The minimum absolute atomic E-state index is 0.0463.